The van der Waals surface area contributed by atoms with Crippen molar-refractivity contribution in [1.82, 2.24) is 5.16 Å². The van der Waals surface area contributed by atoms with Gasteiger partial charge in [-0.15, -0.1) is 0 Å². The van der Waals surface area contributed by atoms with Gasteiger partial charge in [0.05, 0.1) is 11.3 Å². The Balaban J connectivity index is 1.92. The smallest absolute Gasteiger partial charge is 0.168 e. The van der Waals surface area contributed by atoms with E-state index in [2.05, 4.69) is 34.9 Å². The third-order valence-corrected chi connectivity index (χ3v) is 4.20. The molecule has 20 heavy (non-hydrogen) atoms. The Bertz CT molecular complexity index is 656. The third-order valence-electron chi connectivity index (χ3n) is 3.68. The van der Waals surface area contributed by atoms with Crippen molar-refractivity contribution in [2.45, 2.75) is 33.1 Å². The summed E-state index contributed by atoms with van der Waals surface area (Å²) in [5, 5.41) is 4.11. The molecule has 0 unspecified atom stereocenters. The van der Waals surface area contributed by atoms with E-state index in [1.807, 2.05) is 24.3 Å². The molecule has 1 heterocycles. The summed E-state index contributed by atoms with van der Waals surface area (Å²) < 4.78 is 6.47. The van der Waals surface area contributed by atoms with Crippen molar-refractivity contribution >= 4 is 21.7 Å². The number of aromatic nitrogens is 1. The highest BCUT2D eigenvalue weighted by Crippen LogP contribution is 2.36. The van der Waals surface area contributed by atoms with Gasteiger partial charge in [0.15, 0.2) is 11.5 Å². The second kappa shape index (κ2) is 4.85. The quantitative estimate of drug-likeness (QED) is 0.827. The normalized spacial score (nSPS) is 17.1. The molecule has 0 saturated carbocycles. The molecule has 1 aromatic carbocycles. The standard InChI is InChI=1S/C16H16BrNO2/c1-16(2)8-12-15(13(19)9-16)14(20-18-12)7-10-3-5-11(17)6-4-10/h3-6H,7-9H2,1-2H3. The summed E-state index contributed by atoms with van der Waals surface area (Å²) in [5.41, 5.74) is 2.63. The number of carbonyl (C=O) groups is 1. The van der Waals surface area contributed by atoms with Gasteiger partial charge in [-0.05, 0) is 29.5 Å². The molecule has 0 atom stereocenters. The number of ketones is 1. The van der Waals surface area contributed by atoms with E-state index in [1.54, 1.807) is 0 Å². The van der Waals surface area contributed by atoms with E-state index < -0.39 is 0 Å². The molecule has 0 fully saturated rings. The highest BCUT2D eigenvalue weighted by molar-refractivity contribution is 9.10. The number of hydrogen-bond acceptors (Lipinski definition) is 3. The summed E-state index contributed by atoms with van der Waals surface area (Å²) in [5.74, 6) is 0.854. The second-order valence-electron chi connectivity index (χ2n) is 6.17. The summed E-state index contributed by atoms with van der Waals surface area (Å²) in [6.07, 6.45) is 1.98. The zero-order chi connectivity index (χ0) is 14.3. The molecule has 0 aliphatic heterocycles. The Morgan fingerprint density at radius 3 is 2.65 bits per heavy atom. The van der Waals surface area contributed by atoms with E-state index in [0.29, 0.717) is 24.2 Å². The minimum atomic E-state index is -0.0180. The molecule has 3 nitrogen and oxygen atoms in total. The van der Waals surface area contributed by atoms with Gasteiger partial charge < -0.3 is 4.52 Å². The lowest BCUT2D eigenvalue weighted by Gasteiger charge is -2.26. The highest BCUT2D eigenvalue weighted by atomic mass is 79.9. The lowest BCUT2D eigenvalue weighted by Crippen LogP contribution is -2.27. The van der Waals surface area contributed by atoms with Gasteiger partial charge in [-0.1, -0.05) is 47.1 Å². The molecule has 0 bridgehead atoms. The maximum atomic E-state index is 12.3. The Morgan fingerprint density at radius 2 is 1.95 bits per heavy atom. The molecule has 0 amide bonds. The number of hydrogen-bond donors (Lipinski definition) is 0. The van der Waals surface area contributed by atoms with E-state index in [4.69, 9.17) is 4.52 Å². The van der Waals surface area contributed by atoms with Crippen LogP contribution in [0.5, 0.6) is 0 Å². The number of halogens is 1. The Hall–Kier alpha value is -1.42. The number of carbonyl (C=O) groups excluding carboxylic acids is 1. The largest absolute Gasteiger partial charge is 0.360 e. The van der Waals surface area contributed by atoms with Crippen LogP contribution in [0.25, 0.3) is 0 Å². The van der Waals surface area contributed by atoms with E-state index in [-0.39, 0.29) is 11.2 Å². The fourth-order valence-corrected chi connectivity index (χ4v) is 3.01. The van der Waals surface area contributed by atoms with Crippen LogP contribution in [-0.2, 0) is 12.8 Å². The molecular formula is C16H16BrNO2. The minimum Gasteiger partial charge on any atom is -0.360 e. The predicted molar refractivity (Wildman–Crippen MR) is 79.9 cm³/mol. The number of Topliss-reactive ketones (excluding diaryl/α,β-unsaturated/α-hetero) is 1. The van der Waals surface area contributed by atoms with Crippen molar-refractivity contribution in [2.75, 3.05) is 0 Å². The monoisotopic (exact) mass is 333 g/mol. The Morgan fingerprint density at radius 1 is 1.25 bits per heavy atom. The molecule has 3 rings (SSSR count). The minimum absolute atomic E-state index is 0.0180. The van der Waals surface area contributed by atoms with Crippen LogP contribution >= 0.6 is 15.9 Å². The molecule has 104 valence electrons. The molecule has 0 saturated heterocycles. The molecule has 0 spiro atoms. The lowest BCUT2D eigenvalue weighted by atomic mass is 9.75. The number of benzene rings is 1. The van der Waals surface area contributed by atoms with Crippen LogP contribution in [0.3, 0.4) is 0 Å². The Labute approximate surface area is 126 Å². The third kappa shape index (κ3) is 2.57. The van der Waals surface area contributed by atoms with Gasteiger partial charge in [0, 0.05) is 17.3 Å². The van der Waals surface area contributed by atoms with Crippen molar-refractivity contribution < 1.29 is 9.32 Å². The lowest BCUT2D eigenvalue weighted by molar-refractivity contribution is 0.0911. The number of fused-ring (bicyclic) bond motifs is 1. The first kappa shape index (κ1) is 13.6. The first-order valence-electron chi connectivity index (χ1n) is 6.70. The van der Waals surface area contributed by atoms with Gasteiger partial charge in [-0.25, -0.2) is 0 Å². The summed E-state index contributed by atoms with van der Waals surface area (Å²) in [6.45, 7) is 4.19. The van der Waals surface area contributed by atoms with Crippen LogP contribution < -0.4 is 0 Å². The predicted octanol–water partition coefficient (Wildman–Crippen LogP) is 4.18. The number of rotatable bonds is 2. The summed E-state index contributed by atoms with van der Waals surface area (Å²) >= 11 is 3.42. The fraction of sp³-hybridized carbons (Fsp3) is 0.375. The molecular weight excluding hydrogens is 318 g/mol. The second-order valence-corrected chi connectivity index (χ2v) is 7.09. The molecule has 1 aliphatic carbocycles. The first-order chi connectivity index (χ1) is 9.44. The highest BCUT2D eigenvalue weighted by Gasteiger charge is 2.35. The Kier molecular flexibility index (Phi) is 3.28. The van der Waals surface area contributed by atoms with Crippen molar-refractivity contribution in [3.63, 3.8) is 0 Å². The molecule has 1 aromatic heterocycles. The molecule has 1 aliphatic rings. The topological polar surface area (TPSA) is 43.1 Å². The van der Waals surface area contributed by atoms with Gasteiger partial charge in [-0.3, -0.25) is 4.79 Å². The van der Waals surface area contributed by atoms with Crippen LogP contribution in [0.4, 0.5) is 0 Å². The summed E-state index contributed by atoms with van der Waals surface area (Å²) in [6, 6.07) is 8.03. The summed E-state index contributed by atoms with van der Waals surface area (Å²) in [4.78, 5) is 12.3. The average Bonchev–Trinajstić information content (AvgIpc) is 2.73. The molecule has 0 N–H and O–H groups in total. The van der Waals surface area contributed by atoms with E-state index in [1.165, 1.54) is 0 Å². The zero-order valence-corrected chi connectivity index (χ0v) is 13.2. The number of nitrogens with zero attached hydrogens (tertiary/aromatic N) is 1. The van der Waals surface area contributed by atoms with E-state index >= 15 is 0 Å². The zero-order valence-electron chi connectivity index (χ0n) is 11.6. The van der Waals surface area contributed by atoms with Crippen LogP contribution in [0, 0.1) is 5.41 Å². The van der Waals surface area contributed by atoms with Crippen LogP contribution in [-0.4, -0.2) is 10.9 Å². The van der Waals surface area contributed by atoms with Crippen LogP contribution in [0.1, 0.15) is 47.6 Å². The maximum absolute atomic E-state index is 12.3. The van der Waals surface area contributed by atoms with Gasteiger partial charge in [0.1, 0.15) is 0 Å². The van der Waals surface area contributed by atoms with Crippen LogP contribution in [0.2, 0.25) is 0 Å². The molecule has 4 heteroatoms. The van der Waals surface area contributed by atoms with Crippen LogP contribution in [0.15, 0.2) is 33.3 Å². The van der Waals surface area contributed by atoms with Crippen molar-refractivity contribution in [3.8, 4) is 0 Å². The van der Waals surface area contributed by atoms with Crippen molar-refractivity contribution in [2.24, 2.45) is 5.41 Å². The van der Waals surface area contributed by atoms with Gasteiger partial charge in [0.2, 0.25) is 0 Å². The average molecular weight is 334 g/mol. The fourth-order valence-electron chi connectivity index (χ4n) is 2.75. The first-order valence-corrected chi connectivity index (χ1v) is 7.49. The molecule has 0 radical (unpaired) electrons. The van der Waals surface area contributed by atoms with Gasteiger partial charge >= 0.3 is 0 Å². The van der Waals surface area contributed by atoms with Gasteiger partial charge in [0.25, 0.3) is 0 Å². The van der Waals surface area contributed by atoms with Gasteiger partial charge in [-0.2, -0.15) is 0 Å². The molecule has 2 aromatic rings. The van der Waals surface area contributed by atoms with Crippen molar-refractivity contribution in [3.05, 3.63) is 51.3 Å². The SMILES string of the molecule is CC1(C)CC(=O)c2c(noc2Cc2ccc(Br)cc2)C1. The summed E-state index contributed by atoms with van der Waals surface area (Å²) in [7, 11) is 0. The maximum Gasteiger partial charge on any atom is 0.168 e. The van der Waals surface area contributed by atoms with E-state index in [0.717, 1.165) is 22.2 Å². The van der Waals surface area contributed by atoms with E-state index in [9.17, 15) is 4.79 Å². The van der Waals surface area contributed by atoms with Crippen molar-refractivity contribution in [1.29, 1.82) is 0 Å².